The summed E-state index contributed by atoms with van der Waals surface area (Å²) in [5.74, 6) is 2.26. The molecule has 1 aromatic heterocycles. The Balaban J connectivity index is 1.57. The van der Waals surface area contributed by atoms with Gasteiger partial charge in [-0.25, -0.2) is 4.98 Å². The first kappa shape index (κ1) is 18.9. The van der Waals surface area contributed by atoms with Crippen LogP contribution in [0.1, 0.15) is 23.9 Å². The lowest BCUT2D eigenvalue weighted by atomic mass is 10.1. The monoisotopic (exact) mass is 413 g/mol. The minimum atomic E-state index is -0.200. The van der Waals surface area contributed by atoms with Gasteiger partial charge < -0.3 is 15.0 Å². The van der Waals surface area contributed by atoms with Crippen LogP contribution in [0.2, 0.25) is 5.02 Å². The number of benzene rings is 2. The first-order valence-corrected chi connectivity index (χ1v) is 10.8. The van der Waals surface area contributed by atoms with Crippen molar-refractivity contribution < 1.29 is 9.53 Å². The van der Waals surface area contributed by atoms with E-state index < -0.39 is 0 Å². The summed E-state index contributed by atoms with van der Waals surface area (Å²) >= 11 is 7.80. The number of aromatic amines is 1. The predicted octanol–water partition coefficient (Wildman–Crippen LogP) is 4.60. The van der Waals surface area contributed by atoms with Crippen LogP contribution in [0.3, 0.4) is 0 Å². The molecule has 4 rings (SSSR count). The number of imidazole rings is 1. The molecule has 0 spiro atoms. The molecule has 0 aliphatic carbocycles. The van der Waals surface area contributed by atoms with E-state index in [-0.39, 0.29) is 18.6 Å². The third-order valence-corrected chi connectivity index (χ3v) is 5.51. The Morgan fingerprint density at radius 2 is 2.21 bits per heavy atom. The minimum Gasteiger partial charge on any atom is -0.488 e. The Hall–Kier alpha value is -2.44. The fourth-order valence-electron chi connectivity index (χ4n) is 3.18. The second kappa shape index (κ2) is 8.29. The van der Waals surface area contributed by atoms with E-state index in [1.807, 2.05) is 36.4 Å². The van der Waals surface area contributed by atoms with E-state index in [1.54, 1.807) is 23.9 Å². The van der Waals surface area contributed by atoms with Gasteiger partial charge in [-0.3, -0.25) is 4.79 Å². The molecule has 28 heavy (non-hydrogen) atoms. The van der Waals surface area contributed by atoms with E-state index in [4.69, 9.17) is 16.3 Å². The van der Waals surface area contributed by atoms with Crippen LogP contribution >= 0.6 is 23.4 Å². The van der Waals surface area contributed by atoms with Crippen LogP contribution in [0.4, 0.5) is 0 Å². The van der Waals surface area contributed by atoms with Gasteiger partial charge in [0.25, 0.3) is 5.91 Å². The lowest BCUT2D eigenvalue weighted by Crippen LogP contribution is -2.33. The maximum absolute atomic E-state index is 12.9. The Labute approximate surface area is 172 Å². The van der Waals surface area contributed by atoms with Gasteiger partial charge in [0.2, 0.25) is 0 Å². The van der Waals surface area contributed by atoms with Crippen molar-refractivity contribution in [2.45, 2.75) is 12.5 Å². The molecule has 1 amide bonds. The van der Waals surface area contributed by atoms with E-state index >= 15 is 0 Å². The fraction of sp³-hybridized carbons (Fsp3) is 0.238. The van der Waals surface area contributed by atoms with E-state index in [2.05, 4.69) is 21.5 Å². The molecule has 144 valence electrons. The molecule has 2 heterocycles. The number of fused-ring (bicyclic) bond motifs is 2. The molecular formula is C21H20ClN3O2S. The largest absolute Gasteiger partial charge is 0.488 e. The number of carbonyl (C=O) groups excluding carboxylic acids is 1. The highest BCUT2D eigenvalue weighted by Crippen LogP contribution is 2.29. The highest BCUT2D eigenvalue weighted by atomic mass is 35.5. The molecule has 0 unspecified atom stereocenters. The van der Waals surface area contributed by atoms with Gasteiger partial charge in [-0.2, -0.15) is 11.8 Å². The SMILES string of the molecule is CSCC[C@H](NC(=O)C1=Cc2cc(Cl)ccc2OC1)c1nc2ccccc2[nH]1. The van der Waals surface area contributed by atoms with Gasteiger partial charge in [-0.15, -0.1) is 0 Å². The van der Waals surface area contributed by atoms with Crippen molar-refractivity contribution in [3.05, 3.63) is 64.4 Å². The van der Waals surface area contributed by atoms with Crippen molar-refractivity contribution in [2.75, 3.05) is 18.6 Å². The summed E-state index contributed by atoms with van der Waals surface area (Å²) in [6, 6.07) is 13.1. The number of carbonyl (C=O) groups is 1. The first-order chi connectivity index (χ1) is 13.6. The number of thioether (sulfide) groups is 1. The second-order valence-corrected chi connectivity index (χ2v) is 8.01. The highest BCUT2D eigenvalue weighted by Gasteiger charge is 2.23. The zero-order valence-corrected chi connectivity index (χ0v) is 16.9. The maximum atomic E-state index is 12.9. The molecule has 5 nitrogen and oxygen atoms in total. The lowest BCUT2D eigenvalue weighted by Gasteiger charge is -2.21. The minimum absolute atomic E-state index is 0.155. The highest BCUT2D eigenvalue weighted by molar-refractivity contribution is 7.98. The quantitative estimate of drug-likeness (QED) is 0.619. The van der Waals surface area contributed by atoms with Gasteiger partial charge >= 0.3 is 0 Å². The smallest absolute Gasteiger partial charge is 0.251 e. The van der Waals surface area contributed by atoms with Crippen LogP contribution in [0.5, 0.6) is 5.75 Å². The molecule has 3 aromatic rings. The third kappa shape index (κ3) is 4.03. The number of aromatic nitrogens is 2. The van der Waals surface area contributed by atoms with Crippen LogP contribution in [0, 0.1) is 0 Å². The third-order valence-electron chi connectivity index (χ3n) is 4.63. The number of H-pyrrole nitrogens is 1. The predicted molar refractivity (Wildman–Crippen MR) is 115 cm³/mol. The van der Waals surface area contributed by atoms with Gasteiger partial charge in [0, 0.05) is 10.6 Å². The van der Waals surface area contributed by atoms with Crippen LogP contribution in [-0.2, 0) is 4.79 Å². The van der Waals surface area contributed by atoms with Gasteiger partial charge in [-0.1, -0.05) is 23.7 Å². The molecule has 1 atom stereocenters. The average molecular weight is 414 g/mol. The average Bonchev–Trinajstić information content (AvgIpc) is 3.14. The molecule has 1 aliphatic heterocycles. The summed E-state index contributed by atoms with van der Waals surface area (Å²) in [6.45, 7) is 0.232. The van der Waals surface area contributed by atoms with Crippen molar-refractivity contribution in [3.63, 3.8) is 0 Å². The number of rotatable bonds is 6. The van der Waals surface area contributed by atoms with Crippen LogP contribution in [0.25, 0.3) is 17.1 Å². The molecule has 2 aromatic carbocycles. The summed E-state index contributed by atoms with van der Waals surface area (Å²) in [4.78, 5) is 20.9. The molecular weight excluding hydrogens is 394 g/mol. The molecule has 7 heteroatoms. The zero-order valence-electron chi connectivity index (χ0n) is 15.4. The van der Waals surface area contributed by atoms with E-state index in [1.165, 1.54) is 0 Å². The van der Waals surface area contributed by atoms with Crippen LogP contribution in [-0.4, -0.2) is 34.5 Å². The second-order valence-electron chi connectivity index (χ2n) is 6.59. The molecule has 2 N–H and O–H groups in total. The van der Waals surface area contributed by atoms with Gasteiger partial charge in [0.15, 0.2) is 0 Å². The first-order valence-electron chi connectivity index (χ1n) is 9.01. The normalized spacial score (nSPS) is 14.1. The standard InChI is InChI=1S/C21H20ClN3O2S/c1-28-9-8-18(20-23-16-4-2-3-5-17(16)24-20)25-21(26)14-10-13-11-15(22)6-7-19(13)27-12-14/h2-7,10-11,18H,8-9,12H2,1H3,(H,23,24)(H,25,26)/t18-/m0/s1. The van der Waals surface area contributed by atoms with Crippen molar-refractivity contribution >= 4 is 46.4 Å². The molecule has 0 saturated heterocycles. The number of ether oxygens (including phenoxy) is 1. The number of amides is 1. The summed E-state index contributed by atoms with van der Waals surface area (Å²) in [5.41, 5.74) is 3.24. The number of hydrogen-bond donors (Lipinski definition) is 2. The molecule has 0 fully saturated rings. The molecule has 0 radical (unpaired) electrons. The summed E-state index contributed by atoms with van der Waals surface area (Å²) in [7, 11) is 0. The number of para-hydroxylation sites is 2. The van der Waals surface area contributed by atoms with Gasteiger partial charge in [0.1, 0.15) is 18.2 Å². The topological polar surface area (TPSA) is 67.0 Å². The Morgan fingerprint density at radius 1 is 1.36 bits per heavy atom. The number of nitrogens with zero attached hydrogens (tertiary/aromatic N) is 1. The fourth-order valence-corrected chi connectivity index (χ4v) is 3.83. The number of nitrogens with one attached hydrogen (secondary N) is 2. The van der Waals surface area contributed by atoms with Crippen molar-refractivity contribution in [2.24, 2.45) is 0 Å². The Morgan fingerprint density at radius 3 is 3.04 bits per heavy atom. The molecule has 1 aliphatic rings. The van der Waals surface area contributed by atoms with E-state index in [0.717, 1.165) is 40.3 Å². The number of halogens is 1. The summed E-state index contributed by atoms with van der Waals surface area (Å²) in [6.07, 6.45) is 4.67. The van der Waals surface area contributed by atoms with Gasteiger partial charge in [-0.05, 0) is 54.8 Å². The van der Waals surface area contributed by atoms with Crippen LogP contribution in [0.15, 0.2) is 48.0 Å². The van der Waals surface area contributed by atoms with E-state index in [9.17, 15) is 4.79 Å². The number of hydrogen-bond acceptors (Lipinski definition) is 4. The Kier molecular flexibility index (Phi) is 5.59. The summed E-state index contributed by atoms with van der Waals surface area (Å²) < 4.78 is 5.71. The van der Waals surface area contributed by atoms with Crippen molar-refractivity contribution in [1.82, 2.24) is 15.3 Å². The van der Waals surface area contributed by atoms with Gasteiger partial charge in [0.05, 0.1) is 22.6 Å². The maximum Gasteiger partial charge on any atom is 0.251 e. The summed E-state index contributed by atoms with van der Waals surface area (Å²) in [5, 5.41) is 3.73. The van der Waals surface area contributed by atoms with Crippen molar-refractivity contribution in [3.8, 4) is 5.75 Å². The van der Waals surface area contributed by atoms with Crippen molar-refractivity contribution in [1.29, 1.82) is 0 Å². The van der Waals surface area contributed by atoms with Crippen LogP contribution < -0.4 is 10.1 Å². The molecule has 0 saturated carbocycles. The Bertz CT molecular complexity index is 1010. The molecule has 0 bridgehead atoms. The zero-order chi connectivity index (χ0) is 19.5. The van der Waals surface area contributed by atoms with E-state index in [0.29, 0.717) is 10.6 Å². The lowest BCUT2D eigenvalue weighted by molar-refractivity contribution is -0.118.